The maximum Gasteiger partial charge on any atom is 0.0471 e. The number of fused-ring (bicyclic) bond motifs is 1. The van der Waals surface area contributed by atoms with Gasteiger partial charge in [0, 0.05) is 26.6 Å². The Bertz CT molecular complexity index is 1010. The van der Waals surface area contributed by atoms with Crippen LogP contribution in [0.15, 0.2) is 83.3 Å². The predicted octanol–water partition coefficient (Wildman–Crippen LogP) is 6.77. The van der Waals surface area contributed by atoms with Crippen LogP contribution in [0.3, 0.4) is 0 Å². The average molecular weight is 374 g/mol. The van der Waals surface area contributed by atoms with Crippen molar-refractivity contribution in [3.63, 3.8) is 0 Å². The molecule has 116 valence electrons. The monoisotopic (exact) mass is 373 g/mol. The fraction of sp³-hybridized carbons (Fsp3) is 0. The van der Waals surface area contributed by atoms with Gasteiger partial charge >= 0.3 is 0 Å². The second-order valence-corrected chi connectivity index (χ2v) is 6.53. The van der Waals surface area contributed by atoms with Crippen LogP contribution in [-0.4, -0.2) is 4.98 Å². The molecule has 3 aromatic carbocycles. The van der Waals surface area contributed by atoms with Gasteiger partial charge in [0.05, 0.1) is 0 Å². The molecule has 0 aliphatic rings. The quantitative estimate of drug-likeness (QED) is 0.407. The molecule has 0 unspecified atom stereocenters. The Morgan fingerprint density at radius 1 is 0.708 bits per heavy atom. The Balaban J connectivity index is 1.88. The van der Waals surface area contributed by atoms with Gasteiger partial charge < -0.3 is 4.98 Å². The maximum atomic E-state index is 3.61. The first-order valence-electron chi connectivity index (χ1n) is 7.92. The van der Waals surface area contributed by atoms with Crippen LogP contribution in [0.1, 0.15) is 11.3 Å². The molecule has 0 bridgehead atoms. The standard InChI is InChI=1S/C22H16BrN/c23-19-12-6-4-8-16(19)14-15-21-22(17-9-2-1-3-10-17)18-11-5-7-13-20(18)24-21/h1-15,24H/b15-14+. The fourth-order valence-electron chi connectivity index (χ4n) is 2.99. The Kier molecular flexibility index (Phi) is 4.06. The van der Waals surface area contributed by atoms with Crippen molar-refractivity contribution >= 4 is 39.0 Å². The highest BCUT2D eigenvalue weighted by atomic mass is 79.9. The molecule has 1 aromatic heterocycles. The first-order valence-corrected chi connectivity index (χ1v) is 8.71. The molecule has 0 aliphatic carbocycles. The predicted molar refractivity (Wildman–Crippen MR) is 107 cm³/mol. The van der Waals surface area contributed by atoms with Gasteiger partial charge in [0.1, 0.15) is 0 Å². The third-order valence-electron chi connectivity index (χ3n) is 4.13. The Labute approximate surface area is 149 Å². The first-order chi connectivity index (χ1) is 11.8. The van der Waals surface area contributed by atoms with Crippen LogP contribution in [0.25, 0.3) is 34.2 Å². The van der Waals surface area contributed by atoms with E-state index in [4.69, 9.17) is 0 Å². The van der Waals surface area contributed by atoms with Gasteiger partial charge in [-0.15, -0.1) is 0 Å². The largest absolute Gasteiger partial charge is 0.354 e. The van der Waals surface area contributed by atoms with Crippen molar-refractivity contribution in [1.82, 2.24) is 4.98 Å². The minimum absolute atomic E-state index is 1.10. The van der Waals surface area contributed by atoms with Crippen LogP contribution < -0.4 is 0 Å². The van der Waals surface area contributed by atoms with Crippen molar-refractivity contribution in [2.45, 2.75) is 0 Å². The molecule has 0 radical (unpaired) electrons. The second kappa shape index (κ2) is 6.50. The van der Waals surface area contributed by atoms with E-state index in [-0.39, 0.29) is 0 Å². The molecule has 24 heavy (non-hydrogen) atoms. The SMILES string of the molecule is Brc1ccccc1/C=C/c1[nH]c2ccccc2c1-c1ccccc1. The number of nitrogens with one attached hydrogen (secondary N) is 1. The minimum atomic E-state index is 1.10. The topological polar surface area (TPSA) is 15.8 Å². The molecule has 0 amide bonds. The van der Waals surface area contributed by atoms with E-state index in [1.807, 2.05) is 12.1 Å². The summed E-state index contributed by atoms with van der Waals surface area (Å²) >= 11 is 3.61. The zero-order valence-electron chi connectivity index (χ0n) is 13.0. The van der Waals surface area contributed by atoms with Crippen molar-refractivity contribution < 1.29 is 0 Å². The van der Waals surface area contributed by atoms with Crippen molar-refractivity contribution in [2.75, 3.05) is 0 Å². The van der Waals surface area contributed by atoms with Crippen molar-refractivity contribution in [3.05, 3.63) is 94.6 Å². The summed E-state index contributed by atoms with van der Waals surface area (Å²) in [5.74, 6) is 0. The zero-order valence-corrected chi connectivity index (χ0v) is 14.6. The molecule has 0 saturated carbocycles. The number of rotatable bonds is 3. The van der Waals surface area contributed by atoms with Crippen LogP contribution in [-0.2, 0) is 0 Å². The number of hydrogen-bond acceptors (Lipinski definition) is 0. The van der Waals surface area contributed by atoms with E-state index in [2.05, 4.69) is 99.8 Å². The van der Waals surface area contributed by atoms with E-state index in [0.29, 0.717) is 0 Å². The number of para-hydroxylation sites is 1. The van der Waals surface area contributed by atoms with Crippen LogP contribution >= 0.6 is 15.9 Å². The number of aromatic amines is 1. The Morgan fingerprint density at radius 2 is 1.42 bits per heavy atom. The summed E-state index contributed by atoms with van der Waals surface area (Å²) in [5.41, 5.74) is 5.91. The van der Waals surface area contributed by atoms with E-state index in [0.717, 1.165) is 21.2 Å². The summed E-state index contributed by atoms with van der Waals surface area (Å²) in [6, 6.07) is 27.2. The van der Waals surface area contributed by atoms with Gasteiger partial charge in [-0.1, -0.05) is 88.7 Å². The molecule has 1 N–H and O–H groups in total. The molecule has 4 aromatic rings. The average Bonchev–Trinajstić information content (AvgIpc) is 3.00. The summed E-state index contributed by atoms with van der Waals surface area (Å²) in [6.45, 7) is 0. The van der Waals surface area contributed by atoms with Gasteiger partial charge in [0.25, 0.3) is 0 Å². The molecule has 4 rings (SSSR count). The number of hydrogen-bond donors (Lipinski definition) is 1. The highest BCUT2D eigenvalue weighted by molar-refractivity contribution is 9.10. The van der Waals surface area contributed by atoms with Gasteiger partial charge in [-0.05, 0) is 29.3 Å². The lowest BCUT2D eigenvalue weighted by atomic mass is 10.0. The molecule has 0 spiro atoms. The van der Waals surface area contributed by atoms with Crippen LogP contribution in [0.4, 0.5) is 0 Å². The molecule has 0 aliphatic heterocycles. The minimum Gasteiger partial charge on any atom is -0.354 e. The zero-order chi connectivity index (χ0) is 16.4. The molecule has 0 atom stereocenters. The van der Waals surface area contributed by atoms with Gasteiger partial charge in [0.2, 0.25) is 0 Å². The van der Waals surface area contributed by atoms with E-state index in [9.17, 15) is 0 Å². The smallest absolute Gasteiger partial charge is 0.0471 e. The maximum absolute atomic E-state index is 3.61. The van der Waals surface area contributed by atoms with Crippen LogP contribution in [0.5, 0.6) is 0 Å². The molecule has 0 saturated heterocycles. The summed E-state index contributed by atoms with van der Waals surface area (Å²) in [5, 5.41) is 1.25. The van der Waals surface area contributed by atoms with Gasteiger partial charge in [0.15, 0.2) is 0 Å². The molecule has 1 heterocycles. The summed E-state index contributed by atoms with van der Waals surface area (Å²) in [6.07, 6.45) is 4.30. The van der Waals surface area contributed by atoms with Crippen LogP contribution in [0.2, 0.25) is 0 Å². The molecular formula is C22H16BrN. The molecule has 1 nitrogen and oxygen atoms in total. The Morgan fingerprint density at radius 3 is 2.25 bits per heavy atom. The fourth-order valence-corrected chi connectivity index (χ4v) is 3.40. The molecule has 2 heteroatoms. The van der Waals surface area contributed by atoms with E-state index in [1.54, 1.807) is 0 Å². The lowest BCUT2D eigenvalue weighted by Crippen LogP contribution is -1.80. The summed E-state index contributed by atoms with van der Waals surface area (Å²) < 4.78 is 1.10. The van der Waals surface area contributed by atoms with Gasteiger partial charge in [-0.25, -0.2) is 0 Å². The van der Waals surface area contributed by atoms with Gasteiger partial charge in [-0.3, -0.25) is 0 Å². The van der Waals surface area contributed by atoms with Crippen molar-refractivity contribution in [3.8, 4) is 11.1 Å². The highest BCUT2D eigenvalue weighted by Crippen LogP contribution is 2.33. The van der Waals surface area contributed by atoms with Crippen molar-refractivity contribution in [1.29, 1.82) is 0 Å². The summed E-state index contributed by atoms with van der Waals surface area (Å²) in [4.78, 5) is 3.55. The second-order valence-electron chi connectivity index (χ2n) is 5.68. The highest BCUT2D eigenvalue weighted by Gasteiger charge is 2.11. The van der Waals surface area contributed by atoms with Gasteiger partial charge in [-0.2, -0.15) is 0 Å². The lowest BCUT2D eigenvalue weighted by molar-refractivity contribution is 1.43. The number of H-pyrrole nitrogens is 1. The van der Waals surface area contributed by atoms with E-state index < -0.39 is 0 Å². The number of halogens is 1. The number of aromatic nitrogens is 1. The Hall–Kier alpha value is -2.58. The normalized spacial score (nSPS) is 11.4. The first kappa shape index (κ1) is 15.0. The third kappa shape index (κ3) is 2.81. The third-order valence-corrected chi connectivity index (χ3v) is 4.85. The number of benzene rings is 3. The summed E-state index contributed by atoms with van der Waals surface area (Å²) in [7, 11) is 0. The van der Waals surface area contributed by atoms with Crippen molar-refractivity contribution in [2.24, 2.45) is 0 Å². The van der Waals surface area contributed by atoms with Crippen LogP contribution in [0, 0.1) is 0 Å². The molecular weight excluding hydrogens is 358 g/mol. The lowest BCUT2D eigenvalue weighted by Gasteiger charge is -2.02. The van der Waals surface area contributed by atoms with E-state index >= 15 is 0 Å². The molecule has 0 fully saturated rings. The van der Waals surface area contributed by atoms with E-state index in [1.165, 1.54) is 16.5 Å².